The minimum Gasteiger partial charge on any atom is -0.374 e. The Kier molecular flexibility index (Phi) is 5.80. The lowest BCUT2D eigenvalue weighted by molar-refractivity contribution is -0.0253. The second-order valence-electron chi connectivity index (χ2n) is 5.61. The third-order valence-electron chi connectivity index (χ3n) is 4.44. The third kappa shape index (κ3) is 3.86. The van der Waals surface area contributed by atoms with Crippen molar-refractivity contribution in [3.8, 4) is 0 Å². The molecule has 2 rings (SSSR count). The fourth-order valence-electron chi connectivity index (χ4n) is 3.12. The molecule has 0 bridgehead atoms. The highest BCUT2D eigenvalue weighted by Gasteiger charge is 2.32. The van der Waals surface area contributed by atoms with Crippen LogP contribution >= 0.6 is 11.8 Å². The van der Waals surface area contributed by atoms with Crippen molar-refractivity contribution in [1.82, 2.24) is 10.2 Å². The molecule has 0 aromatic carbocycles. The molecule has 106 valence electrons. The molecular weight excluding hydrogens is 244 g/mol. The van der Waals surface area contributed by atoms with Crippen LogP contribution in [-0.4, -0.2) is 61.3 Å². The fraction of sp³-hybridized carbons (Fsp3) is 1.00. The van der Waals surface area contributed by atoms with Gasteiger partial charge in [-0.25, -0.2) is 0 Å². The standard InChI is InChI=1S/C14H28N2OS/c1-3-16-8-9-17-13(11-16)10-15-12-14(18-2)6-4-5-7-14/h13,15H,3-12H2,1-2H3. The lowest BCUT2D eigenvalue weighted by atomic mass is 10.1. The molecular formula is C14H28N2OS. The first-order valence-corrected chi connectivity index (χ1v) is 8.60. The van der Waals surface area contributed by atoms with Crippen molar-refractivity contribution in [3.63, 3.8) is 0 Å². The number of rotatable bonds is 6. The first-order chi connectivity index (χ1) is 8.78. The van der Waals surface area contributed by atoms with E-state index >= 15 is 0 Å². The van der Waals surface area contributed by atoms with Crippen LogP contribution in [0.25, 0.3) is 0 Å². The highest BCUT2D eigenvalue weighted by molar-refractivity contribution is 8.00. The number of morpholine rings is 1. The van der Waals surface area contributed by atoms with Gasteiger partial charge in [-0.15, -0.1) is 0 Å². The Bertz CT molecular complexity index is 244. The van der Waals surface area contributed by atoms with Gasteiger partial charge < -0.3 is 10.1 Å². The molecule has 18 heavy (non-hydrogen) atoms. The van der Waals surface area contributed by atoms with Gasteiger partial charge in [0, 0.05) is 30.9 Å². The van der Waals surface area contributed by atoms with Gasteiger partial charge in [-0.3, -0.25) is 4.90 Å². The Hall–Kier alpha value is 0.230. The zero-order chi connectivity index (χ0) is 12.8. The topological polar surface area (TPSA) is 24.5 Å². The number of likely N-dealkylation sites (N-methyl/N-ethyl adjacent to an activating group) is 1. The smallest absolute Gasteiger partial charge is 0.0826 e. The maximum Gasteiger partial charge on any atom is 0.0826 e. The summed E-state index contributed by atoms with van der Waals surface area (Å²) in [6.45, 7) is 8.63. The lowest BCUT2D eigenvalue weighted by Crippen LogP contribution is -2.48. The summed E-state index contributed by atoms with van der Waals surface area (Å²) in [5.41, 5.74) is 0. The van der Waals surface area contributed by atoms with Crippen LogP contribution in [-0.2, 0) is 4.74 Å². The Morgan fingerprint density at radius 1 is 1.39 bits per heavy atom. The second kappa shape index (κ2) is 7.13. The third-order valence-corrected chi connectivity index (χ3v) is 5.86. The summed E-state index contributed by atoms with van der Waals surface area (Å²) in [5, 5.41) is 3.66. The van der Waals surface area contributed by atoms with Crippen LogP contribution in [0.3, 0.4) is 0 Å². The predicted molar refractivity (Wildman–Crippen MR) is 79.4 cm³/mol. The molecule has 1 saturated heterocycles. The molecule has 0 radical (unpaired) electrons. The van der Waals surface area contributed by atoms with Gasteiger partial charge in [-0.05, 0) is 25.6 Å². The van der Waals surface area contributed by atoms with Crippen molar-refractivity contribution in [2.75, 3.05) is 45.6 Å². The van der Waals surface area contributed by atoms with E-state index in [1.54, 1.807) is 0 Å². The average molecular weight is 272 g/mol. The molecule has 0 amide bonds. The van der Waals surface area contributed by atoms with Crippen LogP contribution < -0.4 is 5.32 Å². The van der Waals surface area contributed by atoms with E-state index in [2.05, 4.69) is 35.2 Å². The molecule has 1 unspecified atom stereocenters. The number of ether oxygens (including phenoxy) is 1. The second-order valence-corrected chi connectivity index (χ2v) is 6.89. The summed E-state index contributed by atoms with van der Waals surface area (Å²) in [6.07, 6.45) is 8.24. The minimum atomic E-state index is 0.388. The zero-order valence-corrected chi connectivity index (χ0v) is 12.7. The highest BCUT2D eigenvalue weighted by atomic mass is 32.2. The van der Waals surface area contributed by atoms with Crippen LogP contribution in [0.4, 0.5) is 0 Å². The summed E-state index contributed by atoms with van der Waals surface area (Å²) in [5.74, 6) is 0. The lowest BCUT2D eigenvalue weighted by Gasteiger charge is -2.33. The molecule has 1 heterocycles. The molecule has 1 saturated carbocycles. The maximum absolute atomic E-state index is 5.83. The van der Waals surface area contributed by atoms with Gasteiger partial charge in [0.2, 0.25) is 0 Å². The highest BCUT2D eigenvalue weighted by Crippen LogP contribution is 2.39. The largest absolute Gasteiger partial charge is 0.374 e. The Morgan fingerprint density at radius 2 is 2.17 bits per heavy atom. The van der Waals surface area contributed by atoms with Crippen molar-refractivity contribution < 1.29 is 4.74 Å². The summed E-state index contributed by atoms with van der Waals surface area (Å²) in [4.78, 5) is 2.48. The molecule has 1 atom stereocenters. The summed E-state index contributed by atoms with van der Waals surface area (Å²) >= 11 is 2.06. The molecule has 0 aromatic rings. The van der Waals surface area contributed by atoms with E-state index in [0.29, 0.717) is 10.9 Å². The normalized spacial score (nSPS) is 28.7. The summed E-state index contributed by atoms with van der Waals surface area (Å²) in [7, 11) is 0. The van der Waals surface area contributed by atoms with E-state index < -0.39 is 0 Å². The number of hydrogen-bond donors (Lipinski definition) is 1. The van der Waals surface area contributed by atoms with E-state index in [-0.39, 0.29) is 0 Å². The Balaban J connectivity index is 1.68. The van der Waals surface area contributed by atoms with Gasteiger partial charge in [0.05, 0.1) is 12.7 Å². The number of nitrogens with zero attached hydrogens (tertiary/aromatic N) is 1. The van der Waals surface area contributed by atoms with Gasteiger partial charge in [0.25, 0.3) is 0 Å². The molecule has 0 aromatic heterocycles. The predicted octanol–water partition coefficient (Wildman–Crippen LogP) is 1.97. The zero-order valence-electron chi connectivity index (χ0n) is 11.9. The molecule has 0 spiro atoms. The van der Waals surface area contributed by atoms with Crippen molar-refractivity contribution >= 4 is 11.8 Å². The number of nitrogens with one attached hydrogen (secondary N) is 1. The van der Waals surface area contributed by atoms with E-state index in [1.807, 2.05) is 0 Å². The first kappa shape index (κ1) is 14.6. The molecule has 1 aliphatic heterocycles. The minimum absolute atomic E-state index is 0.388. The Labute approximate surface area is 116 Å². The average Bonchev–Trinajstić information content (AvgIpc) is 2.88. The van der Waals surface area contributed by atoms with E-state index in [0.717, 1.165) is 39.3 Å². The molecule has 2 fully saturated rings. The van der Waals surface area contributed by atoms with E-state index in [4.69, 9.17) is 4.74 Å². The van der Waals surface area contributed by atoms with E-state index in [1.165, 1.54) is 25.7 Å². The first-order valence-electron chi connectivity index (χ1n) is 7.38. The van der Waals surface area contributed by atoms with Gasteiger partial charge in [-0.1, -0.05) is 19.8 Å². The van der Waals surface area contributed by atoms with Crippen LogP contribution in [0, 0.1) is 0 Å². The van der Waals surface area contributed by atoms with Crippen molar-refractivity contribution in [3.05, 3.63) is 0 Å². The van der Waals surface area contributed by atoms with Crippen LogP contribution in [0.2, 0.25) is 0 Å². The monoisotopic (exact) mass is 272 g/mol. The van der Waals surface area contributed by atoms with Gasteiger partial charge in [0.15, 0.2) is 0 Å². The van der Waals surface area contributed by atoms with Crippen molar-refractivity contribution in [2.45, 2.75) is 43.5 Å². The Morgan fingerprint density at radius 3 is 2.83 bits per heavy atom. The van der Waals surface area contributed by atoms with Crippen LogP contribution in [0.1, 0.15) is 32.6 Å². The molecule has 4 heteroatoms. The van der Waals surface area contributed by atoms with Gasteiger partial charge >= 0.3 is 0 Å². The van der Waals surface area contributed by atoms with Crippen molar-refractivity contribution in [2.24, 2.45) is 0 Å². The molecule has 1 aliphatic carbocycles. The number of thioether (sulfide) groups is 1. The van der Waals surface area contributed by atoms with E-state index in [9.17, 15) is 0 Å². The summed E-state index contributed by atoms with van der Waals surface area (Å²) < 4.78 is 6.34. The SMILES string of the molecule is CCN1CCOC(CNCC2(SC)CCCC2)C1. The van der Waals surface area contributed by atoms with Gasteiger partial charge in [0.1, 0.15) is 0 Å². The molecule has 2 aliphatic rings. The number of hydrogen-bond acceptors (Lipinski definition) is 4. The van der Waals surface area contributed by atoms with Crippen LogP contribution in [0.15, 0.2) is 0 Å². The summed E-state index contributed by atoms with van der Waals surface area (Å²) in [6, 6.07) is 0. The van der Waals surface area contributed by atoms with Gasteiger partial charge in [-0.2, -0.15) is 11.8 Å². The quantitative estimate of drug-likeness (QED) is 0.799. The maximum atomic E-state index is 5.83. The van der Waals surface area contributed by atoms with Crippen LogP contribution in [0.5, 0.6) is 0 Å². The fourth-order valence-corrected chi connectivity index (χ4v) is 4.07. The molecule has 3 nitrogen and oxygen atoms in total. The van der Waals surface area contributed by atoms with Crippen molar-refractivity contribution in [1.29, 1.82) is 0 Å². The molecule has 1 N–H and O–H groups in total.